The molecule has 0 aliphatic rings. The van der Waals surface area contributed by atoms with E-state index in [4.69, 9.17) is 0 Å². The van der Waals surface area contributed by atoms with Crippen molar-refractivity contribution >= 4 is 43.6 Å². The Morgan fingerprint density at radius 1 is 0.346 bits per heavy atom. The molecule has 238 valence electrons. The van der Waals surface area contributed by atoms with E-state index in [2.05, 4.69) is 88.0 Å². The SMILES string of the molecule is N#Cc1cccc(C#N)c1-c1cccc2c1c1c(-c3c(C#N)cccc3C#N)cccc1n2-c1ccc2c(c1)c1ccccc1n2-c1ccccc1. The van der Waals surface area contributed by atoms with Gasteiger partial charge in [0.05, 0.1) is 68.6 Å². The molecule has 0 saturated heterocycles. The summed E-state index contributed by atoms with van der Waals surface area (Å²) in [7, 11) is 0. The summed E-state index contributed by atoms with van der Waals surface area (Å²) >= 11 is 0. The normalized spacial score (nSPS) is 11.0. The van der Waals surface area contributed by atoms with Gasteiger partial charge in [-0.1, -0.05) is 72.8 Å². The van der Waals surface area contributed by atoms with Crippen molar-refractivity contribution in [2.75, 3.05) is 0 Å². The quantitative estimate of drug-likeness (QED) is 0.187. The summed E-state index contributed by atoms with van der Waals surface area (Å²) in [6.07, 6.45) is 0. The van der Waals surface area contributed by atoms with E-state index < -0.39 is 0 Å². The fraction of sp³-hybridized carbons (Fsp3) is 0. The number of nitriles is 4. The van der Waals surface area contributed by atoms with Crippen molar-refractivity contribution in [3.8, 4) is 57.9 Å². The maximum Gasteiger partial charge on any atom is 0.0998 e. The second-order valence-corrected chi connectivity index (χ2v) is 12.5. The monoisotopic (exact) mass is 660 g/mol. The summed E-state index contributed by atoms with van der Waals surface area (Å²) < 4.78 is 4.48. The van der Waals surface area contributed by atoms with Crippen molar-refractivity contribution in [1.29, 1.82) is 21.0 Å². The third kappa shape index (κ3) is 4.33. The van der Waals surface area contributed by atoms with Gasteiger partial charge in [0.15, 0.2) is 0 Å². The Balaban J connectivity index is 1.45. The highest BCUT2D eigenvalue weighted by atomic mass is 15.0. The van der Waals surface area contributed by atoms with Crippen LogP contribution in [0.1, 0.15) is 22.3 Å². The molecule has 7 aromatic carbocycles. The van der Waals surface area contributed by atoms with Crippen LogP contribution in [0, 0.1) is 45.3 Å². The van der Waals surface area contributed by atoms with Crippen LogP contribution in [0.2, 0.25) is 0 Å². The molecule has 9 aromatic rings. The van der Waals surface area contributed by atoms with Gasteiger partial charge in [-0.15, -0.1) is 0 Å². The number of rotatable bonds is 4. The van der Waals surface area contributed by atoms with E-state index in [1.54, 1.807) is 36.4 Å². The molecule has 0 radical (unpaired) electrons. The third-order valence-corrected chi connectivity index (χ3v) is 9.89. The van der Waals surface area contributed by atoms with Crippen LogP contribution in [-0.2, 0) is 0 Å². The van der Waals surface area contributed by atoms with Crippen LogP contribution in [-0.4, -0.2) is 9.13 Å². The van der Waals surface area contributed by atoms with Crippen LogP contribution >= 0.6 is 0 Å². The summed E-state index contributed by atoms with van der Waals surface area (Å²) in [5.41, 5.74) is 9.94. The third-order valence-electron chi connectivity index (χ3n) is 9.89. The lowest BCUT2D eigenvalue weighted by molar-refractivity contribution is 1.17. The lowest BCUT2D eigenvalue weighted by Crippen LogP contribution is -1.96. The number of nitrogens with zero attached hydrogens (tertiary/aromatic N) is 6. The summed E-state index contributed by atoms with van der Waals surface area (Å²) in [6.45, 7) is 0. The van der Waals surface area contributed by atoms with Crippen molar-refractivity contribution in [2.45, 2.75) is 0 Å². The van der Waals surface area contributed by atoms with Gasteiger partial charge < -0.3 is 9.13 Å². The highest BCUT2D eigenvalue weighted by molar-refractivity contribution is 6.22. The molecular formula is C46H24N6. The smallest absolute Gasteiger partial charge is 0.0998 e. The molecular weight excluding hydrogens is 637 g/mol. The average molecular weight is 661 g/mol. The minimum atomic E-state index is 0.384. The molecule has 0 atom stereocenters. The lowest BCUT2D eigenvalue weighted by Gasteiger charge is -2.12. The van der Waals surface area contributed by atoms with Crippen molar-refractivity contribution in [3.63, 3.8) is 0 Å². The van der Waals surface area contributed by atoms with Gasteiger partial charge in [0.2, 0.25) is 0 Å². The molecule has 0 amide bonds. The Kier molecular flexibility index (Phi) is 6.91. The molecule has 9 rings (SSSR count). The molecule has 2 aromatic heterocycles. The summed E-state index contributed by atoms with van der Waals surface area (Å²) in [6, 6.07) is 56.7. The molecule has 0 fully saturated rings. The zero-order valence-electron chi connectivity index (χ0n) is 27.5. The van der Waals surface area contributed by atoms with Gasteiger partial charge >= 0.3 is 0 Å². The maximum atomic E-state index is 10.3. The highest BCUT2D eigenvalue weighted by Gasteiger charge is 2.24. The Labute approximate surface area is 298 Å². The summed E-state index contributed by atoms with van der Waals surface area (Å²) in [5, 5.41) is 44.9. The fourth-order valence-electron chi connectivity index (χ4n) is 7.82. The van der Waals surface area contributed by atoms with Gasteiger partial charge in [0, 0.05) is 44.0 Å². The first-order valence-corrected chi connectivity index (χ1v) is 16.7. The molecule has 0 aliphatic heterocycles. The van der Waals surface area contributed by atoms with Crippen molar-refractivity contribution in [1.82, 2.24) is 9.13 Å². The van der Waals surface area contributed by atoms with Crippen LogP contribution in [0.3, 0.4) is 0 Å². The van der Waals surface area contributed by atoms with E-state index in [1.807, 2.05) is 54.6 Å². The van der Waals surface area contributed by atoms with Crippen molar-refractivity contribution in [2.24, 2.45) is 0 Å². The molecule has 0 unspecified atom stereocenters. The van der Waals surface area contributed by atoms with Gasteiger partial charge in [-0.3, -0.25) is 0 Å². The van der Waals surface area contributed by atoms with E-state index >= 15 is 0 Å². The topological polar surface area (TPSA) is 105 Å². The average Bonchev–Trinajstić information content (AvgIpc) is 3.73. The summed E-state index contributed by atoms with van der Waals surface area (Å²) in [4.78, 5) is 0. The van der Waals surface area contributed by atoms with Gasteiger partial charge in [-0.25, -0.2) is 0 Å². The van der Waals surface area contributed by atoms with E-state index in [9.17, 15) is 21.0 Å². The minimum absolute atomic E-state index is 0.384. The fourth-order valence-corrected chi connectivity index (χ4v) is 7.82. The predicted molar refractivity (Wildman–Crippen MR) is 205 cm³/mol. The van der Waals surface area contributed by atoms with Gasteiger partial charge in [0.1, 0.15) is 0 Å². The molecule has 2 heterocycles. The van der Waals surface area contributed by atoms with Crippen molar-refractivity contribution < 1.29 is 0 Å². The predicted octanol–water partition coefficient (Wildman–Crippen LogP) is 10.7. The van der Waals surface area contributed by atoms with Crippen molar-refractivity contribution in [3.05, 3.63) is 168 Å². The first kappa shape index (κ1) is 30.2. The highest BCUT2D eigenvalue weighted by Crippen LogP contribution is 2.46. The first-order valence-electron chi connectivity index (χ1n) is 16.7. The Hall–Kier alpha value is -7.90. The second-order valence-electron chi connectivity index (χ2n) is 12.5. The second kappa shape index (κ2) is 11.9. The number of benzene rings is 7. The Bertz CT molecular complexity index is 2920. The molecule has 0 saturated carbocycles. The van der Waals surface area contributed by atoms with E-state index in [1.165, 1.54) is 0 Å². The van der Waals surface area contributed by atoms with Crippen LogP contribution < -0.4 is 0 Å². The standard InChI is InChI=1S/C46H24N6/c47-25-29-10-6-11-30(26-48)43(29)36-17-8-20-41-45(36)46-37(44-31(27-49)12-7-13-32(44)28-50)18-9-21-42(46)52(41)34-22-23-40-38(24-34)35-16-4-5-19-39(35)51(40)33-14-2-1-3-15-33/h1-24H. The number of hydrogen-bond donors (Lipinski definition) is 0. The first-order chi connectivity index (χ1) is 25.7. The van der Waals surface area contributed by atoms with Gasteiger partial charge in [0.25, 0.3) is 0 Å². The van der Waals surface area contributed by atoms with E-state index in [0.717, 1.165) is 66.1 Å². The van der Waals surface area contributed by atoms with Crippen LogP contribution in [0.4, 0.5) is 0 Å². The lowest BCUT2D eigenvalue weighted by atomic mass is 9.88. The molecule has 0 bridgehead atoms. The zero-order chi connectivity index (χ0) is 35.3. The molecule has 52 heavy (non-hydrogen) atoms. The number of fused-ring (bicyclic) bond motifs is 6. The van der Waals surface area contributed by atoms with Crippen LogP contribution in [0.5, 0.6) is 0 Å². The van der Waals surface area contributed by atoms with Gasteiger partial charge in [-0.05, 0) is 83.9 Å². The zero-order valence-corrected chi connectivity index (χ0v) is 27.5. The Morgan fingerprint density at radius 3 is 1.33 bits per heavy atom. The number of hydrogen-bond acceptors (Lipinski definition) is 4. The van der Waals surface area contributed by atoms with Crippen LogP contribution in [0.25, 0.3) is 77.2 Å². The van der Waals surface area contributed by atoms with E-state index in [-0.39, 0.29) is 0 Å². The van der Waals surface area contributed by atoms with Gasteiger partial charge in [-0.2, -0.15) is 21.0 Å². The molecule has 6 heteroatoms. The molecule has 0 aliphatic carbocycles. The molecule has 0 spiro atoms. The number of aromatic nitrogens is 2. The Morgan fingerprint density at radius 2 is 0.788 bits per heavy atom. The number of para-hydroxylation sites is 2. The maximum absolute atomic E-state index is 10.3. The largest absolute Gasteiger partial charge is 0.309 e. The molecule has 6 nitrogen and oxygen atoms in total. The molecule has 0 N–H and O–H groups in total. The van der Waals surface area contributed by atoms with E-state index in [0.29, 0.717) is 33.4 Å². The van der Waals surface area contributed by atoms with Crippen LogP contribution in [0.15, 0.2) is 146 Å². The summed E-state index contributed by atoms with van der Waals surface area (Å²) in [5.74, 6) is 0. The minimum Gasteiger partial charge on any atom is -0.309 e.